The van der Waals surface area contributed by atoms with E-state index in [2.05, 4.69) is 44.0 Å². The maximum atomic E-state index is 6.10. The smallest absolute Gasteiger partial charge is 0.324 e. The van der Waals surface area contributed by atoms with Gasteiger partial charge in [-0.1, -0.05) is 30.6 Å². The molecule has 0 amide bonds. The molecule has 1 saturated heterocycles. The first-order chi connectivity index (χ1) is 11.6. The third-order valence-electron chi connectivity index (χ3n) is 4.37. The minimum absolute atomic E-state index is 0.264. The lowest BCUT2D eigenvalue weighted by Gasteiger charge is -2.30. The van der Waals surface area contributed by atoms with Crippen molar-refractivity contribution < 1.29 is 4.52 Å². The van der Waals surface area contributed by atoms with Crippen molar-refractivity contribution in [3.05, 3.63) is 23.5 Å². The van der Waals surface area contributed by atoms with Gasteiger partial charge in [0.2, 0.25) is 0 Å². The number of halogens is 1. The summed E-state index contributed by atoms with van der Waals surface area (Å²) >= 11 is 6.10. The lowest BCUT2D eigenvalue weighted by molar-refractivity contribution is 0.346. The van der Waals surface area contributed by atoms with Crippen molar-refractivity contribution in [1.29, 1.82) is 0 Å². The highest BCUT2D eigenvalue weighted by atomic mass is 35.5. The zero-order valence-corrected chi connectivity index (χ0v) is 14.3. The third kappa shape index (κ3) is 2.60. The Labute approximate surface area is 143 Å². The highest BCUT2D eigenvalue weighted by molar-refractivity contribution is 6.33. The molecule has 8 nitrogen and oxygen atoms in total. The van der Waals surface area contributed by atoms with Crippen molar-refractivity contribution in [2.24, 2.45) is 0 Å². The summed E-state index contributed by atoms with van der Waals surface area (Å²) in [5, 5.41) is 9.73. The van der Waals surface area contributed by atoms with Gasteiger partial charge in [0, 0.05) is 19.0 Å². The summed E-state index contributed by atoms with van der Waals surface area (Å²) in [5.41, 5.74) is 0.785. The van der Waals surface area contributed by atoms with Gasteiger partial charge in [-0.05, 0) is 12.8 Å². The van der Waals surface area contributed by atoms with E-state index >= 15 is 0 Å². The van der Waals surface area contributed by atoms with Crippen LogP contribution in [0.15, 0.2) is 17.0 Å². The Morgan fingerprint density at radius 3 is 2.75 bits per heavy atom. The summed E-state index contributed by atoms with van der Waals surface area (Å²) in [4.78, 5) is 14.9. The number of hydrogen-bond donors (Lipinski definition) is 0. The van der Waals surface area contributed by atoms with Crippen LogP contribution in [0.2, 0.25) is 5.15 Å². The molecule has 0 saturated carbocycles. The predicted molar refractivity (Wildman–Crippen MR) is 89.2 cm³/mol. The van der Waals surface area contributed by atoms with Crippen LogP contribution in [0, 0.1) is 0 Å². The second-order valence-corrected chi connectivity index (χ2v) is 6.66. The highest BCUT2D eigenvalue weighted by Crippen LogP contribution is 2.29. The van der Waals surface area contributed by atoms with Crippen molar-refractivity contribution >= 4 is 28.6 Å². The standard InChI is InChI=1S/C15H18ClN7O/c1-9(2)13-20-15(24-21-13)22-5-3-10(4-6-22)23-14-11(7-19-23)12(16)17-8-18-14/h7-10H,3-6H2,1-2H3. The average molecular weight is 348 g/mol. The number of fused-ring (bicyclic) bond motifs is 1. The van der Waals surface area contributed by atoms with E-state index in [0.29, 0.717) is 11.2 Å². The van der Waals surface area contributed by atoms with Gasteiger partial charge in [-0.15, -0.1) is 0 Å². The number of hydrogen-bond acceptors (Lipinski definition) is 7. The van der Waals surface area contributed by atoms with Crippen molar-refractivity contribution in [2.75, 3.05) is 18.0 Å². The van der Waals surface area contributed by atoms with Crippen molar-refractivity contribution in [3.63, 3.8) is 0 Å². The summed E-state index contributed by atoms with van der Waals surface area (Å²) in [7, 11) is 0. The Balaban J connectivity index is 1.50. The minimum Gasteiger partial charge on any atom is -0.324 e. The molecule has 4 rings (SSSR count). The van der Waals surface area contributed by atoms with Crippen LogP contribution < -0.4 is 4.90 Å². The van der Waals surface area contributed by atoms with Gasteiger partial charge in [-0.25, -0.2) is 14.6 Å². The molecule has 0 aliphatic carbocycles. The summed E-state index contributed by atoms with van der Waals surface area (Å²) in [6.45, 7) is 5.78. The van der Waals surface area contributed by atoms with Gasteiger partial charge in [0.15, 0.2) is 11.5 Å². The van der Waals surface area contributed by atoms with Gasteiger partial charge < -0.3 is 9.42 Å². The fourth-order valence-electron chi connectivity index (χ4n) is 2.99. The maximum absolute atomic E-state index is 6.10. The molecule has 4 heterocycles. The quantitative estimate of drug-likeness (QED) is 0.673. The zero-order chi connectivity index (χ0) is 16.7. The maximum Gasteiger partial charge on any atom is 0.324 e. The van der Waals surface area contributed by atoms with Crippen LogP contribution in [-0.2, 0) is 0 Å². The summed E-state index contributed by atoms with van der Waals surface area (Å²) in [6, 6.07) is 0.880. The molecule has 0 bridgehead atoms. The van der Waals surface area contributed by atoms with Crippen LogP contribution >= 0.6 is 11.6 Å². The van der Waals surface area contributed by atoms with Gasteiger partial charge in [0.25, 0.3) is 0 Å². The van der Waals surface area contributed by atoms with Crippen LogP contribution in [0.25, 0.3) is 11.0 Å². The van der Waals surface area contributed by atoms with Crippen molar-refractivity contribution in [1.82, 2.24) is 29.9 Å². The van der Waals surface area contributed by atoms with E-state index < -0.39 is 0 Å². The second kappa shape index (κ2) is 6.01. The van der Waals surface area contributed by atoms with Gasteiger partial charge in [0.1, 0.15) is 11.5 Å². The molecule has 24 heavy (non-hydrogen) atoms. The third-order valence-corrected chi connectivity index (χ3v) is 4.67. The van der Waals surface area contributed by atoms with Crippen molar-refractivity contribution in [2.45, 2.75) is 38.6 Å². The molecule has 1 aliphatic rings. The van der Waals surface area contributed by atoms with Gasteiger partial charge in [-0.3, -0.25) is 0 Å². The molecule has 0 aromatic carbocycles. The highest BCUT2D eigenvalue weighted by Gasteiger charge is 2.26. The Morgan fingerprint density at radius 2 is 2.04 bits per heavy atom. The van der Waals surface area contributed by atoms with E-state index in [0.717, 1.165) is 42.8 Å². The van der Waals surface area contributed by atoms with E-state index in [1.807, 2.05) is 4.68 Å². The molecular weight excluding hydrogens is 330 g/mol. The van der Waals surface area contributed by atoms with Crippen LogP contribution in [-0.4, -0.2) is 43.0 Å². The Bertz CT molecular complexity index is 851. The minimum atomic E-state index is 0.264. The summed E-state index contributed by atoms with van der Waals surface area (Å²) in [5.74, 6) is 1.01. The predicted octanol–water partition coefficient (Wildman–Crippen LogP) is 2.83. The summed E-state index contributed by atoms with van der Waals surface area (Å²) in [6.07, 6.45) is 5.07. The Hall–Kier alpha value is -2.22. The molecule has 0 radical (unpaired) electrons. The topological polar surface area (TPSA) is 85.8 Å². The molecule has 1 aliphatic heterocycles. The van der Waals surface area contributed by atoms with E-state index in [1.165, 1.54) is 6.33 Å². The number of piperidine rings is 1. The van der Waals surface area contributed by atoms with Crippen molar-refractivity contribution in [3.8, 4) is 0 Å². The lowest BCUT2D eigenvalue weighted by atomic mass is 10.1. The van der Waals surface area contributed by atoms with Crippen LogP contribution in [0.4, 0.5) is 6.01 Å². The van der Waals surface area contributed by atoms with Crippen LogP contribution in [0.5, 0.6) is 0 Å². The molecule has 0 unspecified atom stereocenters. The average Bonchev–Trinajstić information content (AvgIpc) is 3.23. The molecule has 0 N–H and O–H groups in total. The number of rotatable bonds is 3. The molecule has 126 valence electrons. The molecule has 1 fully saturated rings. The fraction of sp³-hybridized carbons (Fsp3) is 0.533. The molecule has 3 aromatic heterocycles. The van der Waals surface area contributed by atoms with E-state index in [9.17, 15) is 0 Å². The second-order valence-electron chi connectivity index (χ2n) is 6.30. The van der Waals surface area contributed by atoms with E-state index in [-0.39, 0.29) is 12.0 Å². The normalized spacial score (nSPS) is 16.4. The monoisotopic (exact) mass is 347 g/mol. The fourth-order valence-corrected chi connectivity index (χ4v) is 3.17. The molecule has 0 spiro atoms. The Kier molecular flexibility index (Phi) is 3.84. The van der Waals surface area contributed by atoms with Gasteiger partial charge in [0.05, 0.1) is 17.6 Å². The first-order valence-corrected chi connectivity index (χ1v) is 8.43. The number of nitrogens with zero attached hydrogens (tertiary/aromatic N) is 7. The lowest BCUT2D eigenvalue weighted by Crippen LogP contribution is -2.35. The molecule has 0 atom stereocenters. The zero-order valence-electron chi connectivity index (χ0n) is 13.6. The first kappa shape index (κ1) is 15.3. The number of aromatic nitrogens is 6. The SMILES string of the molecule is CC(C)c1noc(N2CCC(n3ncc4c(Cl)ncnc43)CC2)n1. The van der Waals surface area contributed by atoms with Gasteiger partial charge in [-0.2, -0.15) is 10.1 Å². The first-order valence-electron chi connectivity index (χ1n) is 8.05. The van der Waals surface area contributed by atoms with Crippen LogP contribution in [0.3, 0.4) is 0 Å². The summed E-state index contributed by atoms with van der Waals surface area (Å²) < 4.78 is 7.33. The molecule has 9 heteroatoms. The molecular formula is C15H18ClN7O. The molecule has 3 aromatic rings. The van der Waals surface area contributed by atoms with Gasteiger partial charge >= 0.3 is 6.01 Å². The van der Waals surface area contributed by atoms with E-state index in [4.69, 9.17) is 16.1 Å². The van der Waals surface area contributed by atoms with E-state index in [1.54, 1.807) is 6.20 Å². The van der Waals surface area contributed by atoms with Crippen LogP contribution in [0.1, 0.15) is 44.5 Å². The largest absolute Gasteiger partial charge is 0.324 e. The Morgan fingerprint density at radius 1 is 1.25 bits per heavy atom. The number of anilines is 1.